The van der Waals surface area contributed by atoms with E-state index in [0.717, 1.165) is 22.4 Å². The molecule has 0 spiro atoms. The van der Waals surface area contributed by atoms with E-state index in [-0.39, 0.29) is 11.8 Å². The van der Waals surface area contributed by atoms with Crippen molar-refractivity contribution < 1.29 is 9.59 Å². The summed E-state index contributed by atoms with van der Waals surface area (Å²) in [5.74, 6) is 0.0147. The minimum absolute atomic E-state index is 0.0473. The van der Waals surface area contributed by atoms with Gasteiger partial charge in [0.25, 0.3) is 0 Å². The van der Waals surface area contributed by atoms with Gasteiger partial charge in [0.2, 0.25) is 11.8 Å². The fourth-order valence-corrected chi connectivity index (χ4v) is 3.12. The molecule has 0 aliphatic rings. The highest BCUT2D eigenvalue weighted by molar-refractivity contribution is 5.92. The number of nitrogens with zero attached hydrogens (tertiary/aromatic N) is 2. The molecule has 2 aromatic carbocycles. The van der Waals surface area contributed by atoms with Gasteiger partial charge in [-0.1, -0.05) is 36.4 Å². The van der Waals surface area contributed by atoms with Crippen LogP contribution < -0.4 is 4.90 Å². The van der Waals surface area contributed by atoms with E-state index in [1.807, 2.05) is 68.1 Å². The fourth-order valence-electron chi connectivity index (χ4n) is 3.12. The standard InChI is InChI=1S/C22H28N2O2/c1-5-23(16-20-9-7-6-8-10-20)22(26)11-12-24(19(4)25)21-14-17(2)13-18(3)15-21/h6-10,13-15H,5,11-12,16H2,1-4H3. The predicted molar refractivity (Wildman–Crippen MR) is 106 cm³/mol. The molecule has 0 N–H and O–H groups in total. The lowest BCUT2D eigenvalue weighted by molar-refractivity contribution is -0.131. The second-order valence-electron chi connectivity index (χ2n) is 6.66. The van der Waals surface area contributed by atoms with Crippen molar-refractivity contribution in [3.63, 3.8) is 0 Å². The Kier molecular flexibility index (Phi) is 6.96. The second-order valence-corrected chi connectivity index (χ2v) is 6.66. The lowest BCUT2D eigenvalue weighted by atomic mass is 10.1. The van der Waals surface area contributed by atoms with Crippen LogP contribution in [0, 0.1) is 13.8 Å². The Morgan fingerprint density at radius 3 is 2.12 bits per heavy atom. The Labute approximate surface area is 156 Å². The van der Waals surface area contributed by atoms with Gasteiger partial charge in [-0.25, -0.2) is 0 Å². The quantitative estimate of drug-likeness (QED) is 0.753. The molecule has 0 saturated heterocycles. The number of anilines is 1. The minimum atomic E-state index is -0.0473. The van der Waals surface area contributed by atoms with Gasteiger partial charge in [-0.3, -0.25) is 9.59 Å². The van der Waals surface area contributed by atoms with Crippen molar-refractivity contribution in [2.45, 2.75) is 40.7 Å². The number of aryl methyl sites for hydroxylation is 2. The van der Waals surface area contributed by atoms with Crippen LogP contribution in [-0.4, -0.2) is 29.8 Å². The van der Waals surface area contributed by atoms with Crippen LogP contribution in [0.1, 0.15) is 37.0 Å². The van der Waals surface area contributed by atoms with Gasteiger partial charge >= 0.3 is 0 Å². The highest BCUT2D eigenvalue weighted by Crippen LogP contribution is 2.19. The number of carbonyl (C=O) groups is 2. The predicted octanol–water partition coefficient (Wildman–Crippen LogP) is 4.10. The van der Waals surface area contributed by atoms with Gasteiger partial charge < -0.3 is 9.80 Å². The van der Waals surface area contributed by atoms with Crippen LogP contribution in [0.5, 0.6) is 0 Å². The molecule has 4 nitrogen and oxygen atoms in total. The molecule has 0 atom stereocenters. The van der Waals surface area contributed by atoms with Gasteiger partial charge in [-0.15, -0.1) is 0 Å². The normalized spacial score (nSPS) is 10.5. The summed E-state index contributed by atoms with van der Waals surface area (Å²) in [5, 5.41) is 0. The van der Waals surface area contributed by atoms with Crippen molar-refractivity contribution in [3.05, 3.63) is 65.2 Å². The van der Waals surface area contributed by atoms with Crippen LogP contribution in [0.3, 0.4) is 0 Å². The largest absolute Gasteiger partial charge is 0.339 e. The van der Waals surface area contributed by atoms with Crippen molar-refractivity contribution in [3.8, 4) is 0 Å². The van der Waals surface area contributed by atoms with Gasteiger partial charge in [0.15, 0.2) is 0 Å². The molecule has 0 heterocycles. The SMILES string of the molecule is CCN(Cc1ccccc1)C(=O)CCN(C(C)=O)c1cc(C)cc(C)c1. The highest BCUT2D eigenvalue weighted by atomic mass is 16.2. The molecule has 0 radical (unpaired) electrons. The van der Waals surface area contributed by atoms with Crippen LogP contribution >= 0.6 is 0 Å². The van der Waals surface area contributed by atoms with Gasteiger partial charge in [-0.05, 0) is 49.6 Å². The topological polar surface area (TPSA) is 40.6 Å². The Hall–Kier alpha value is -2.62. The van der Waals surface area contributed by atoms with Crippen LogP contribution in [-0.2, 0) is 16.1 Å². The van der Waals surface area contributed by atoms with Gasteiger partial charge in [0.05, 0.1) is 0 Å². The average Bonchev–Trinajstić information content (AvgIpc) is 2.59. The molecule has 138 valence electrons. The molecule has 0 aliphatic heterocycles. The molecule has 2 aromatic rings. The molecular formula is C22H28N2O2. The smallest absolute Gasteiger partial charge is 0.224 e. The maximum atomic E-state index is 12.7. The zero-order valence-electron chi connectivity index (χ0n) is 16.2. The third-order valence-electron chi connectivity index (χ3n) is 4.40. The van der Waals surface area contributed by atoms with E-state index in [4.69, 9.17) is 0 Å². The second kappa shape index (κ2) is 9.18. The summed E-state index contributed by atoms with van der Waals surface area (Å²) in [5.41, 5.74) is 4.18. The zero-order valence-corrected chi connectivity index (χ0v) is 16.2. The van der Waals surface area contributed by atoms with Crippen molar-refractivity contribution >= 4 is 17.5 Å². The van der Waals surface area contributed by atoms with Crippen LogP contribution in [0.25, 0.3) is 0 Å². The Morgan fingerprint density at radius 1 is 0.962 bits per heavy atom. The molecule has 4 heteroatoms. The van der Waals surface area contributed by atoms with E-state index >= 15 is 0 Å². The average molecular weight is 352 g/mol. The molecule has 2 rings (SSSR count). The first-order valence-corrected chi connectivity index (χ1v) is 9.08. The summed E-state index contributed by atoms with van der Waals surface area (Å²) < 4.78 is 0. The fraction of sp³-hybridized carbons (Fsp3) is 0.364. The Bertz CT molecular complexity index is 736. The van der Waals surface area contributed by atoms with Crippen molar-refractivity contribution in [1.82, 2.24) is 4.90 Å². The van der Waals surface area contributed by atoms with Crippen molar-refractivity contribution in [1.29, 1.82) is 0 Å². The van der Waals surface area contributed by atoms with Crippen LogP contribution in [0.2, 0.25) is 0 Å². The monoisotopic (exact) mass is 352 g/mol. The molecule has 0 aliphatic carbocycles. The number of carbonyl (C=O) groups excluding carboxylic acids is 2. The summed E-state index contributed by atoms with van der Waals surface area (Å²) in [6, 6.07) is 16.0. The third-order valence-corrected chi connectivity index (χ3v) is 4.40. The molecule has 0 saturated carbocycles. The van der Waals surface area contributed by atoms with Crippen molar-refractivity contribution in [2.75, 3.05) is 18.0 Å². The summed E-state index contributed by atoms with van der Waals surface area (Å²) in [4.78, 5) is 28.3. The lowest BCUT2D eigenvalue weighted by Gasteiger charge is -2.25. The number of rotatable bonds is 7. The summed E-state index contributed by atoms with van der Waals surface area (Å²) in [6.45, 7) is 9.19. The lowest BCUT2D eigenvalue weighted by Crippen LogP contribution is -2.36. The first kappa shape index (κ1) is 19.7. The Morgan fingerprint density at radius 2 is 1.58 bits per heavy atom. The van der Waals surface area contributed by atoms with E-state index in [9.17, 15) is 9.59 Å². The molecule has 26 heavy (non-hydrogen) atoms. The molecule has 0 bridgehead atoms. The molecule has 2 amide bonds. The first-order valence-electron chi connectivity index (χ1n) is 9.08. The zero-order chi connectivity index (χ0) is 19.1. The van der Waals surface area contributed by atoms with E-state index in [1.165, 1.54) is 0 Å². The molecular weight excluding hydrogens is 324 g/mol. The van der Waals surface area contributed by atoms with Gasteiger partial charge in [0, 0.05) is 38.7 Å². The Balaban J connectivity index is 2.05. The van der Waals surface area contributed by atoms with Gasteiger partial charge in [-0.2, -0.15) is 0 Å². The summed E-state index contributed by atoms with van der Waals surface area (Å²) >= 11 is 0. The van der Waals surface area contributed by atoms with E-state index in [0.29, 0.717) is 26.1 Å². The number of hydrogen-bond acceptors (Lipinski definition) is 2. The number of hydrogen-bond donors (Lipinski definition) is 0. The van der Waals surface area contributed by atoms with E-state index in [1.54, 1.807) is 11.8 Å². The number of benzene rings is 2. The summed E-state index contributed by atoms with van der Waals surface area (Å²) in [7, 11) is 0. The van der Waals surface area contributed by atoms with Crippen LogP contribution in [0.4, 0.5) is 5.69 Å². The molecule has 0 unspecified atom stereocenters. The van der Waals surface area contributed by atoms with Gasteiger partial charge in [0.1, 0.15) is 0 Å². The van der Waals surface area contributed by atoms with E-state index in [2.05, 4.69) is 6.07 Å². The van der Waals surface area contributed by atoms with Crippen LogP contribution in [0.15, 0.2) is 48.5 Å². The molecule has 0 fully saturated rings. The maximum absolute atomic E-state index is 12.7. The maximum Gasteiger partial charge on any atom is 0.224 e. The van der Waals surface area contributed by atoms with E-state index < -0.39 is 0 Å². The number of amides is 2. The third kappa shape index (κ3) is 5.45. The minimum Gasteiger partial charge on any atom is -0.339 e. The molecule has 0 aromatic heterocycles. The summed E-state index contributed by atoms with van der Waals surface area (Å²) in [6.07, 6.45) is 0.313. The van der Waals surface area contributed by atoms with Crippen molar-refractivity contribution in [2.24, 2.45) is 0 Å². The highest BCUT2D eigenvalue weighted by Gasteiger charge is 2.17. The first-order chi connectivity index (χ1) is 12.4.